The third kappa shape index (κ3) is 4.81. The molecule has 0 spiro atoms. The highest BCUT2D eigenvalue weighted by atomic mass is 32.2. The summed E-state index contributed by atoms with van der Waals surface area (Å²) in [5, 5.41) is 1.39. The van der Waals surface area contributed by atoms with E-state index in [0.29, 0.717) is 5.56 Å². The largest absolute Gasteiger partial charge is 0.324 e. The van der Waals surface area contributed by atoms with Crippen LogP contribution in [0.4, 0.5) is 13.6 Å². The quantitative estimate of drug-likeness (QED) is 0.395. The highest BCUT2D eigenvalue weighted by Gasteiger charge is 2.41. The summed E-state index contributed by atoms with van der Waals surface area (Å²) in [7, 11) is 0. The minimum Gasteiger partial charge on any atom is -0.315 e. The summed E-state index contributed by atoms with van der Waals surface area (Å²) < 4.78 is 31.2. The van der Waals surface area contributed by atoms with Crippen molar-refractivity contribution in [2.24, 2.45) is 0 Å². The maximum Gasteiger partial charge on any atom is 0.324 e. The fraction of sp³-hybridized carbons (Fsp3) is 0.304. The summed E-state index contributed by atoms with van der Waals surface area (Å²) in [6.07, 6.45) is 0.0433. The van der Waals surface area contributed by atoms with Crippen molar-refractivity contribution in [3.8, 4) is 0 Å². The molecule has 172 valence electrons. The number of carbonyl (C=O) groups excluding carboxylic acids is 4. The average molecular weight is 474 g/mol. The first-order valence-electron chi connectivity index (χ1n) is 10.4. The van der Waals surface area contributed by atoms with Gasteiger partial charge in [0.15, 0.2) is 0 Å². The van der Waals surface area contributed by atoms with Crippen molar-refractivity contribution < 1.29 is 28.0 Å². The second kappa shape index (κ2) is 9.40. The number of halogens is 2. The molecular formula is C23H21F2N3O4S. The number of hydrogen-bond acceptors (Lipinski definition) is 6. The van der Waals surface area contributed by atoms with Crippen LogP contribution in [-0.2, 0) is 27.3 Å². The number of imide groups is 1. The molecule has 0 unspecified atom stereocenters. The molecule has 1 N–H and O–H groups in total. The number of nitrogens with one attached hydrogen (secondary N) is 1. The molecule has 2 aliphatic heterocycles. The Hall–Kier alpha value is -3.11. The summed E-state index contributed by atoms with van der Waals surface area (Å²) in [5.41, 5.74) is 0.805. The normalized spacial score (nSPS) is 21.6. The van der Waals surface area contributed by atoms with Gasteiger partial charge in [-0.25, -0.2) is 17.9 Å². The Morgan fingerprint density at radius 2 is 1.67 bits per heavy atom. The Balaban J connectivity index is 1.49. The number of hydrogen-bond donors (Lipinski definition) is 1. The number of urea groups is 1. The fourth-order valence-corrected chi connectivity index (χ4v) is 5.04. The number of ketones is 2. The van der Waals surface area contributed by atoms with Crippen LogP contribution in [0.25, 0.3) is 0 Å². The van der Waals surface area contributed by atoms with E-state index in [4.69, 9.17) is 0 Å². The number of Topliss-reactive ketones (excluding diaryl/α,β-unsaturated/α-hetero) is 2. The van der Waals surface area contributed by atoms with Crippen LogP contribution in [0.2, 0.25) is 0 Å². The zero-order chi connectivity index (χ0) is 23.7. The molecule has 33 heavy (non-hydrogen) atoms. The molecule has 0 saturated carbocycles. The highest BCUT2D eigenvalue weighted by Crippen LogP contribution is 2.40. The van der Waals surface area contributed by atoms with Crippen LogP contribution in [0.1, 0.15) is 28.9 Å². The van der Waals surface area contributed by atoms with Crippen molar-refractivity contribution in [2.45, 2.75) is 31.2 Å². The van der Waals surface area contributed by atoms with Gasteiger partial charge in [0.25, 0.3) is 0 Å². The van der Waals surface area contributed by atoms with E-state index in [2.05, 4.69) is 5.32 Å². The number of nitrogens with zero attached hydrogens (tertiary/aromatic N) is 2. The molecule has 0 radical (unpaired) electrons. The van der Waals surface area contributed by atoms with Crippen LogP contribution >= 0.6 is 11.9 Å². The molecule has 3 amide bonds. The van der Waals surface area contributed by atoms with Gasteiger partial charge < -0.3 is 4.90 Å². The predicted molar refractivity (Wildman–Crippen MR) is 117 cm³/mol. The van der Waals surface area contributed by atoms with Gasteiger partial charge in [0.2, 0.25) is 17.5 Å². The lowest BCUT2D eigenvalue weighted by Crippen LogP contribution is -2.45. The lowest BCUT2D eigenvalue weighted by Gasteiger charge is -2.35. The first-order chi connectivity index (χ1) is 15.7. The van der Waals surface area contributed by atoms with Crippen LogP contribution < -0.4 is 5.32 Å². The van der Waals surface area contributed by atoms with E-state index in [1.165, 1.54) is 4.90 Å². The lowest BCUT2D eigenvalue weighted by atomic mass is 10.0. The zero-order valence-corrected chi connectivity index (χ0v) is 18.5. The SMILES string of the molecule is C[C@H]1C(=O)C(=O)[C@@H](c2ccccc2)SN1Cc1cc(F)c(CCN2CC(=O)NC2=O)cc1F. The summed E-state index contributed by atoms with van der Waals surface area (Å²) in [5.74, 6) is -2.81. The number of carbonyl (C=O) groups is 4. The predicted octanol–water partition coefficient (Wildman–Crippen LogP) is 2.79. The van der Waals surface area contributed by atoms with Gasteiger partial charge in [-0.2, -0.15) is 0 Å². The average Bonchev–Trinajstić information content (AvgIpc) is 3.12. The number of benzene rings is 2. The molecule has 2 heterocycles. The maximum absolute atomic E-state index is 14.8. The minimum absolute atomic E-state index is 0.0433. The molecule has 7 nitrogen and oxygen atoms in total. The van der Waals surface area contributed by atoms with Crippen molar-refractivity contribution in [1.29, 1.82) is 0 Å². The molecule has 2 aliphatic rings. The summed E-state index contributed by atoms with van der Waals surface area (Å²) in [6, 6.07) is 9.65. The van der Waals surface area contributed by atoms with Gasteiger partial charge in [-0.3, -0.25) is 19.7 Å². The van der Waals surface area contributed by atoms with Crippen LogP contribution in [0.5, 0.6) is 0 Å². The van der Waals surface area contributed by atoms with Gasteiger partial charge in [0.05, 0.1) is 6.04 Å². The Bertz CT molecular complexity index is 1130. The first kappa shape index (κ1) is 23.1. The van der Waals surface area contributed by atoms with Crippen molar-refractivity contribution in [3.05, 3.63) is 70.8 Å². The Morgan fingerprint density at radius 1 is 1.00 bits per heavy atom. The molecule has 0 aromatic heterocycles. The molecule has 2 atom stereocenters. The molecule has 0 aliphatic carbocycles. The third-order valence-corrected chi connectivity index (χ3v) is 7.11. The van der Waals surface area contributed by atoms with Crippen molar-refractivity contribution in [2.75, 3.05) is 13.1 Å². The van der Waals surface area contributed by atoms with Crippen molar-refractivity contribution in [1.82, 2.24) is 14.5 Å². The summed E-state index contributed by atoms with van der Waals surface area (Å²) >= 11 is 1.14. The van der Waals surface area contributed by atoms with Crippen LogP contribution in [-0.4, -0.2) is 51.8 Å². The van der Waals surface area contributed by atoms with Crippen molar-refractivity contribution >= 4 is 35.5 Å². The highest BCUT2D eigenvalue weighted by molar-refractivity contribution is 7.98. The van der Waals surface area contributed by atoms with E-state index >= 15 is 0 Å². The smallest absolute Gasteiger partial charge is 0.315 e. The van der Waals surface area contributed by atoms with Crippen molar-refractivity contribution in [3.63, 3.8) is 0 Å². The summed E-state index contributed by atoms with van der Waals surface area (Å²) in [6.45, 7) is 1.46. The topological polar surface area (TPSA) is 86.8 Å². The Labute approximate surface area is 193 Å². The molecule has 0 bridgehead atoms. The second-order valence-electron chi connectivity index (χ2n) is 7.94. The van der Waals surface area contributed by atoms with Gasteiger partial charge in [-0.05, 0) is 36.6 Å². The zero-order valence-electron chi connectivity index (χ0n) is 17.7. The Morgan fingerprint density at radius 3 is 2.33 bits per heavy atom. The van der Waals surface area contributed by atoms with Crippen LogP contribution in [0.3, 0.4) is 0 Å². The molecule has 2 aromatic carbocycles. The molecular weight excluding hydrogens is 452 g/mol. The molecule has 2 aromatic rings. The monoisotopic (exact) mass is 473 g/mol. The lowest BCUT2D eigenvalue weighted by molar-refractivity contribution is -0.139. The van der Waals surface area contributed by atoms with E-state index in [1.807, 2.05) is 0 Å². The van der Waals surface area contributed by atoms with Gasteiger partial charge in [-0.15, -0.1) is 0 Å². The van der Waals surface area contributed by atoms with E-state index in [1.54, 1.807) is 41.6 Å². The van der Waals surface area contributed by atoms with Gasteiger partial charge in [0.1, 0.15) is 23.4 Å². The molecule has 4 rings (SSSR count). The second-order valence-corrected chi connectivity index (χ2v) is 9.09. The minimum atomic E-state index is -0.782. The first-order valence-corrected chi connectivity index (χ1v) is 11.2. The molecule has 2 fully saturated rings. The standard InChI is InChI=1S/C23H21F2N3O4S/c1-13-20(30)21(31)22(14-5-3-2-4-6-14)33-28(13)11-16-10-17(24)15(9-18(16)25)7-8-27-12-19(29)26-23(27)32/h2-6,9-10,13,22H,7-8,11-12H2,1H3,(H,26,29,32)/t13-,22+/m0/s1. The van der Waals surface area contributed by atoms with Gasteiger partial charge in [-0.1, -0.05) is 42.3 Å². The fourth-order valence-electron chi connectivity index (χ4n) is 3.78. The molecule has 10 heteroatoms. The van der Waals surface area contributed by atoms with E-state index in [-0.39, 0.29) is 37.2 Å². The number of rotatable bonds is 6. The van der Waals surface area contributed by atoms with Gasteiger partial charge >= 0.3 is 6.03 Å². The number of amides is 3. The third-order valence-electron chi connectivity index (χ3n) is 5.70. The van der Waals surface area contributed by atoms with Crippen LogP contribution in [0, 0.1) is 11.6 Å². The van der Waals surface area contributed by atoms with Crippen LogP contribution in [0.15, 0.2) is 42.5 Å². The van der Waals surface area contributed by atoms with E-state index < -0.39 is 46.4 Å². The van der Waals surface area contributed by atoms with E-state index in [0.717, 1.165) is 24.1 Å². The van der Waals surface area contributed by atoms with Gasteiger partial charge in [0, 0.05) is 18.7 Å². The van der Waals surface area contributed by atoms with E-state index in [9.17, 15) is 28.0 Å². The Kier molecular flexibility index (Phi) is 6.57. The maximum atomic E-state index is 14.8. The summed E-state index contributed by atoms with van der Waals surface area (Å²) in [4.78, 5) is 49.2. The molecule has 2 saturated heterocycles.